The molecule has 0 radical (unpaired) electrons. The van der Waals surface area contributed by atoms with E-state index in [9.17, 15) is 0 Å². The number of pyridine rings is 2. The molecular formula is C14H14BrN3. The van der Waals surface area contributed by atoms with Crippen LogP contribution in [0.3, 0.4) is 0 Å². The Balaban J connectivity index is 1.90. The van der Waals surface area contributed by atoms with Gasteiger partial charge >= 0.3 is 0 Å². The van der Waals surface area contributed by atoms with E-state index in [4.69, 9.17) is 0 Å². The highest BCUT2D eigenvalue weighted by Gasteiger charge is 2.26. The highest BCUT2D eigenvalue weighted by molar-refractivity contribution is 9.10. The molecule has 1 saturated heterocycles. The molecule has 0 bridgehead atoms. The number of halogens is 1. The van der Waals surface area contributed by atoms with Gasteiger partial charge < -0.3 is 4.90 Å². The lowest BCUT2D eigenvalue weighted by atomic mass is 10.1. The fourth-order valence-electron chi connectivity index (χ4n) is 2.50. The third-order valence-corrected chi connectivity index (χ3v) is 3.80. The molecule has 2 aromatic rings. The van der Waals surface area contributed by atoms with E-state index in [-0.39, 0.29) is 0 Å². The van der Waals surface area contributed by atoms with Gasteiger partial charge in [0, 0.05) is 29.6 Å². The van der Waals surface area contributed by atoms with Crippen molar-refractivity contribution in [2.75, 3.05) is 11.4 Å². The number of anilines is 1. The van der Waals surface area contributed by atoms with Crippen LogP contribution >= 0.6 is 15.9 Å². The van der Waals surface area contributed by atoms with Crippen LogP contribution in [-0.4, -0.2) is 16.5 Å². The van der Waals surface area contributed by atoms with Crippen molar-refractivity contribution in [2.24, 2.45) is 0 Å². The van der Waals surface area contributed by atoms with Gasteiger partial charge in [0.2, 0.25) is 0 Å². The zero-order valence-corrected chi connectivity index (χ0v) is 11.5. The lowest BCUT2D eigenvalue weighted by Gasteiger charge is -2.25. The van der Waals surface area contributed by atoms with Crippen molar-refractivity contribution < 1.29 is 0 Å². The Bertz CT molecular complexity index is 512. The summed E-state index contributed by atoms with van der Waals surface area (Å²) in [6.45, 7) is 1.06. The molecule has 2 aromatic heterocycles. The molecule has 0 N–H and O–H groups in total. The van der Waals surface area contributed by atoms with Gasteiger partial charge in [-0.1, -0.05) is 6.07 Å². The Morgan fingerprint density at radius 3 is 2.89 bits per heavy atom. The Labute approximate surface area is 115 Å². The molecule has 1 unspecified atom stereocenters. The molecule has 1 fully saturated rings. The van der Waals surface area contributed by atoms with Gasteiger partial charge in [0.05, 0.1) is 6.04 Å². The number of hydrogen-bond acceptors (Lipinski definition) is 3. The molecular weight excluding hydrogens is 290 g/mol. The number of rotatable bonds is 2. The first-order valence-corrected chi connectivity index (χ1v) is 6.92. The predicted molar refractivity (Wildman–Crippen MR) is 75.5 cm³/mol. The van der Waals surface area contributed by atoms with Crippen LogP contribution in [0.2, 0.25) is 0 Å². The second kappa shape index (κ2) is 5.06. The van der Waals surface area contributed by atoms with Gasteiger partial charge in [0.25, 0.3) is 0 Å². The Kier molecular flexibility index (Phi) is 3.28. The van der Waals surface area contributed by atoms with Crippen LogP contribution in [0.4, 0.5) is 5.82 Å². The van der Waals surface area contributed by atoms with E-state index < -0.39 is 0 Å². The molecule has 92 valence electrons. The summed E-state index contributed by atoms with van der Waals surface area (Å²) in [6.07, 6.45) is 8.01. The molecule has 4 heteroatoms. The monoisotopic (exact) mass is 303 g/mol. The molecule has 3 rings (SSSR count). The number of nitrogens with zero attached hydrogens (tertiary/aromatic N) is 3. The molecule has 0 amide bonds. The van der Waals surface area contributed by atoms with E-state index in [0.717, 1.165) is 16.8 Å². The Morgan fingerprint density at radius 2 is 2.17 bits per heavy atom. The normalized spacial score (nSPS) is 19.2. The molecule has 1 atom stereocenters. The summed E-state index contributed by atoms with van der Waals surface area (Å²) in [5.74, 6) is 1.05. The van der Waals surface area contributed by atoms with Gasteiger partial charge in [-0.2, -0.15) is 0 Å². The maximum Gasteiger partial charge on any atom is 0.129 e. The number of hydrogen-bond donors (Lipinski definition) is 0. The molecule has 0 aromatic carbocycles. The van der Waals surface area contributed by atoms with Crippen molar-refractivity contribution in [1.82, 2.24) is 9.97 Å². The standard InChI is InChI=1S/C14H14BrN3/c15-12-5-6-14(17-10-12)18-8-2-4-13(18)11-3-1-7-16-9-11/h1,3,5-7,9-10,13H,2,4,8H2. The summed E-state index contributed by atoms with van der Waals surface area (Å²) in [5, 5.41) is 0. The van der Waals surface area contributed by atoms with Crippen molar-refractivity contribution in [2.45, 2.75) is 18.9 Å². The first-order valence-electron chi connectivity index (χ1n) is 6.13. The van der Waals surface area contributed by atoms with Crippen LogP contribution in [0.15, 0.2) is 47.3 Å². The number of aromatic nitrogens is 2. The minimum atomic E-state index is 0.410. The van der Waals surface area contributed by atoms with Gasteiger partial charge in [0.15, 0.2) is 0 Å². The van der Waals surface area contributed by atoms with Crippen molar-refractivity contribution in [3.63, 3.8) is 0 Å². The second-order valence-corrected chi connectivity index (χ2v) is 5.39. The molecule has 0 saturated carbocycles. The van der Waals surface area contributed by atoms with Crippen molar-refractivity contribution in [3.8, 4) is 0 Å². The smallest absolute Gasteiger partial charge is 0.129 e. The van der Waals surface area contributed by atoms with Crippen LogP contribution in [-0.2, 0) is 0 Å². The summed E-state index contributed by atoms with van der Waals surface area (Å²) in [4.78, 5) is 11.1. The second-order valence-electron chi connectivity index (χ2n) is 4.47. The topological polar surface area (TPSA) is 29.0 Å². The highest BCUT2D eigenvalue weighted by atomic mass is 79.9. The first kappa shape index (κ1) is 11.7. The third kappa shape index (κ3) is 2.25. The molecule has 3 heterocycles. The zero-order valence-electron chi connectivity index (χ0n) is 9.96. The molecule has 0 spiro atoms. The van der Waals surface area contributed by atoms with Crippen molar-refractivity contribution >= 4 is 21.7 Å². The summed E-state index contributed by atoms with van der Waals surface area (Å²) in [6, 6.07) is 8.67. The van der Waals surface area contributed by atoms with E-state index >= 15 is 0 Å². The van der Waals surface area contributed by atoms with Gasteiger partial charge in [0.1, 0.15) is 5.82 Å². The summed E-state index contributed by atoms with van der Waals surface area (Å²) < 4.78 is 1.02. The van der Waals surface area contributed by atoms with Crippen LogP contribution in [0, 0.1) is 0 Å². The molecule has 1 aliphatic heterocycles. The fourth-order valence-corrected chi connectivity index (χ4v) is 2.73. The van der Waals surface area contributed by atoms with Crippen LogP contribution in [0.1, 0.15) is 24.4 Å². The zero-order chi connectivity index (χ0) is 12.4. The molecule has 0 aliphatic carbocycles. The average Bonchev–Trinajstić information content (AvgIpc) is 2.90. The summed E-state index contributed by atoms with van der Waals surface area (Å²) in [5.41, 5.74) is 1.28. The van der Waals surface area contributed by atoms with Crippen molar-refractivity contribution in [1.29, 1.82) is 0 Å². The van der Waals surface area contributed by atoms with E-state index in [1.54, 1.807) is 0 Å². The van der Waals surface area contributed by atoms with E-state index in [0.29, 0.717) is 6.04 Å². The van der Waals surface area contributed by atoms with E-state index in [1.165, 1.54) is 18.4 Å². The minimum Gasteiger partial charge on any atom is -0.350 e. The predicted octanol–water partition coefficient (Wildman–Crippen LogP) is 3.58. The van der Waals surface area contributed by atoms with Crippen LogP contribution in [0.25, 0.3) is 0 Å². The van der Waals surface area contributed by atoms with Gasteiger partial charge in [-0.05, 0) is 52.5 Å². The maximum absolute atomic E-state index is 4.49. The minimum absolute atomic E-state index is 0.410. The third-order valence-electron chi connectivity index (χ3n) is 3.33. The molecule has 1 aliphatic rings. The summed E-state index contributed by atoms with van der Waals surface area (Å²) >= 11 is 3.42. The SMILES string of the molecule is Brc1ccc(N2CCCC2c2cccnc2)nc1. The lowest BCUT2D eigenvalue weighted by molar-refractivity contribution is 0.708. The lowest BCUT2D eigenvalue weighted by Crippen LogP contribution is -2.23. The Hall–Kier alpha value is -1.42. The fraction of sp³-hybridized carbons (Fsp3) is 0.286. The average molecular weight is 304 g/mol. The van der Waals surface area contributed by atoms with E-state index in [1.807, 2.05) is 30.7 Å². The first-order chi connectivity index (χ1) is 8.84. The largest absolute Gasteiger partial charge is 0.350 e. The Morgan fingerprint density at radius 1 is 1.22 bits per heavy atom. The van der Waals surface area contributed by atoms with Crippen LogP contribution in [0.5, 0.6) is 0 Å². The molecule has 3 nitrogen and oxygen atoms in total. The van der Waals surface area contributed by atoms with Crippen molar-refractivity contribution in [3.05, 3.63) is 52.9 Å². The maximum atomic E-state index is 4.49. The quantitative estimate of drug-likeness (QED) is 0.849. The molecule has 18 heavy (non-hydrogen) atoms. The van der Waals surface area contributed by atoms with E-state index in [2.05, 4.69) is 42.9 Å². The van der Waals surface area contributed by atoms with Crippen LogP contribution < -0.4 is 4.90 Å². The highest BCUT2D eigenvalue weighted by Crippen LogP contribution is 2.34. The van der Waals surface area contributed by atoms with Gasteiger partial charge in [-0.3, -0.25) is 4.98 Å². The van der Waals surface area contributed by atoms with Gasteiger partial charge in [-0.15, -0.1) is 0 Å². The summed E-state index contributed by atoms with van der Waals surface area (Å²) in [7, 11) is 0. The van der Waals surface area contributed by atoms with Gasteiger partial charge in [-0.25, -0.2) is 4.98 Å².